The lowest BCUT2D eigenvalue weighted by atomic mass is 9.95. The first-order valence-electron chi connectivity index (χ1n) is 18.0. The number of benzene rings is 3. The summed E-state index contributed by atoms with van der Waals surface area (Å²) in [5, 5.41) is 12.1. The summed E-state index contributed by atoms with van der Waals surface area (Å²) in [7, 11) is 5.86. The summed E-state index contributed by atoms with van der Waals surface area (Å²) in [6, 6.07) is 13.7. The number of aromatic hydroxyl groups is 1. The van der Waals surface area contributed by atoms with E-state index >= 15 is 0 Å². The van der Waals surface area contributed by atoms with Gasteiger partial charge in [0.05, 0.1) is 34.0 Å². The Hall–Kier alpha value is -5.33. The van der Waals surface area contributed by atoms with Crippen molar-refractivity contribution in [2.45, 2.75) is 38.0 Å². The molecule has 0 spiro atoms. The van der Waals surface area contributed by atoms with E-state index in [0.29, 0.717) is 28.9 Å². The Morgan fingerprint density at radius 1 is 0.865 bits per heavy atom. The molecule has 12 heteroatoms. The van der Waals surface area contributed by atoms with Gasteiger partial charge in [0.1, 0.15) is 22.9 Å². The molecule has 52 heavy (non-hydrogen) atoms. The molecule has 0 atom stereocenters. The van der Waals surface area contributed by atoms with Crippen LogP contribution in [0.2, 0.25) is 0 Å². The smallest absolute Gasteiger partial charge is 0.266 e. The fourth-order valence-electron chi connectivity index (χ4n) is 7.95. The normalized spacial score (nSPS) is 16.1. The Bertz CT molecular complexity index is 2550. The molecule has 0 radical (unpaired) electrons. The molecule has 1 aliphatic heterocycles. The molecule has 0 amide bonds. The number of nitrogens with zero attached hydrogens (tertiary/aromatic N) is 5. The monoisotopic (exact) mass is 702 g/mol. The van der Waals surface area contributed by atoms with Crippen LogP contribution in [0.25, 0.3) is 49.5 Å². The molecule has 1 saturated heterocycles. The molecule has 4 aromatic carbocycles. The second-order valence-corrected chi connectivity index (χ2v) is 14.5. The fraction of sp³-hybridized carbons (Fsp3) is 0.375. The van der Waals surface area contributed by atoms with Crippen molar-refractivity contribution in [3.8, 4) is 28.6 Å². The highest BCUT2D eigenvalue weighted by Gasteiger charge is 2.27. The van der Waals surface area contributed by atoms with Crippen molar-refractivity contribution in [3.05, 3.63) is 95.4 Å². The molecule has 1 aliphatic carbocycles. The van der Waals surface area contributed by atoms with E-state index < -0.39 is 27.9 Å². The van der Waals surface area contributed by atoms with Crippen LogP contribution in [-0.2, 0) is 0 Å². The second-order valence-electron chi connectivity index (χ2n) is 14.5. The Balaban J connectivity index is 1.17. The van der Waals surface area contributed by atoms with Crippen molar-refractivity contribution in [2.75, 3.05) is 65.4 Å². The van der Waals surface area contributed by atoms with Crippen LogP contribution in [0.5, 0.6) is 11.5 Å². The zero-order valence-electron chi connectivity index (χ0n) is 29.7. The number of piperazine rings is 1. The highest BCUT2D eigenvalue weighted by Crippen LogP contribution is 2.39. The van der Waals surface area contributed by atoms with Crippen molar-refractivity contribution in [2.24, 2.45) is 0 Å². The molecule has 3 heterocycles. The van der Waals surface area contributed by atoms with Gasteiger partial charge in [0, 0.05) is 69.3 Å². The molecule has 6 aromatic rings. The standard InChI is InChI=1S/C40H42N6O6/c1-43(2)24-9-12-32-31(19-24)38(49)42-37(41-32)34-35(47)27-21-29-30(22-28(27)36(34)48)40(51)46(39(29)50)33-20-25(10-11-26(33)23-7-4-5-8-23)52-18-6-13-45-16-14-44(3)15-17-45/h9-12,19-23,47H,4-8,13-18H2,1-3H3,(H,41,42,49). The molecule has 2 aromatic heterocycles. The molecule has 12 nitrogen and oxygen atoms in total. The fourth-order valence-corrected chi connectivity index (χ4v) is 7.95. The maximum absolute atomic E-state index is 14.2. The van der Waals surface area contributed by atoms with Gasteiger partial charge in [-0.3, -0.25) is 19.2 Å². The molecule has 268 valence electrons. The molecule has 2 aliphatic rings. The van der Waals surface area contributed by atoms with E-state index in [1.54, 1.807) is 24.3 Å². The number of aromatic amines is 1. The molecule has 2 N–H and O–H groups in total. The Morgan fingerprint density at radius 2 is 1.58 bits per heavy atom. The summed E-state index contributed by atoms with van der Waals surface area (Å²) in [5.74, 6) is 0.296. The average molecular weight is 703 g/mol. The summed E-state index contributed by atoms with van der Waals surface area (Å²) in [4.78, 5) is 69.0. The third-order valence-electron chi connectivity index (χ3n) is 11.0. The summed E-state index contributed by atoms with van der Waals surface area (Å²) in [6.07, 6.45) is 4.94. The Labute approximate surface area is 299 Å². The van der Waals surface area contributed by atoms with Crippen LogP contribution in [0, 0.1) is 0 Å². The van der Waals surface area contributed by atoms with Crippen LogP contribution in [0.3, 0.4) is 0 Å². The lowest BCUT2D eigenvalue weighted by Gasteiger charge is -2.32. The van der Waals surface area contributed by atoms with E-state index in [9.17, 15) is 24.3 Å². The van der Waals surface area contributed by atoms with E-state index in [1.807, 2.05) is 31.1 Å². The number of aromatic nitrogens is 3. The maximum Gasteiger partial charge on any atom is 0.266 e. The third-order valence-corrected chi connectivity index (χ3v) is 11.0. The van der Waals surface area contributed by atoms with Crippen LogP contribution < -0.4 is 31.7 Å². The SMILES string of the molecule is CN1CCN(CCCOc2ccc(C3CCCC3)c(-n3c(=O)c4cc5c(O)c(-c6nc7ccc(N(C)C)cc7c(=O)[nH]6)c(=O)c5cc4c3=O)c2)CC1. The van der Waals surface area contributed by atoms with Crippen LogP contribution in [0.4, 0.5) is 5.69 Å². The Morgan fingerprint density at radius 3 is 2.29 bits per heavy atom. The quantitative estimate of drug-likeness (QED) is 0.212. The van der Waals surface area contributed by atoms with Crippen molar-refractivity contribution >= 4 is 38.1 Å². The van der Waals surface area contributed by atoms with Gasteiger partial charge in [-0.25, -0.2) is 9.55 Å². The molecule has 2 fully saturated rings. The van der Waals surface area contributed by atoms with E-state index in [2.05, 4.69) is 26.8 Å². The third kappa shape index (κ3) is 5.85. The van der Waals surface area contributed by atoms with E-state index in [0.717, 1.165) is 76.1 Å². The molecule has 8 rings (SSSR count). The largest absolute Gasteiger partial charge is 0.506 e. The summed E-state index contributed by atoms with van der Waals surface area (Å²) in [5.41, 5.74) is 0.273. The predicted molar refractivity (Wildman–Crippen MR) is 205 cm³/mol. The molecular formula is C40H42N6O6. The first-order valence-corrected chi connectivity index (χ1v) is 18.0. The number of fused-ring (bicyclic) bond motifs is 3. The van der Waals surface area contributed by atoms with Gasteiger partial charge in [-0.1, -0.05) is 18.9 Å². The Kier molecular flexibility index (Phi) is 8.67. The van der Waals surface area contributed by atoms with E-state index in [1.165, 1.54) is 16.7 Å². The van der Waals surface area contributed by atoms with Crippen LogP contribution in [0.1, 0.15) is 43.6 Å². The zero-order valence-corrected chi connectivity index (χ0v) is 29.7. The topological polar surface area (TPSA) is 141 Å². The summed E-state index contributed by atoms with van der Waals surface area (Å²) >= 11 is 0. The number of nitrogens with one attached hydrogen (secondary N) is 1. The van der Waals surface area contributed by atoms with Crippen LogP contribution in [-0.4, -0.2) is 89.9 Å². The van der Waals surface area contributed by atoms with E-state index in [4.69, 9.17) is 4.74 Å². The number of H-pyrrole nitrogens is 1. The number of likely N-dealkylation sites (N-methyl/N-ethyl adjacent to an activating group) is 1. The molecule has 0 bridgehead atoms. The molecule has 1 saturated carbocycles. The van der Waals surface area contributed by atoms with Gasteiger partial charge in [0.2, 0.25) is 5.43 Å². The van der Waals surface area contributed by atoms with Gasteiger partial charge in [0.15, 0.2) is 0 Å². The minimum absolute atomic E-state index is 0.0633. The lowest BCUT2D eigenvalue weighted by molar-refractivity contribution is 0.145. The van der Waals surface area contributed by atoms with Gasteiger partial charge < -0.3 is 29.5 Å². The maximum atomic E-state index is 14.2. The van der Waals surface area contributed by atoms with Gasteiger partial charge >= 0.3 is 0 Å². The number of hydrogen-bond acceptors (Lipinski definition) is 10. The van der Waals surface area contributed by atoms with Crippen LogP contribution >= 0.6 is 0 Å². The summed E-state index contributed by atoms with van der Waals surface area (Å²) in [6.45, 7) is 5.64. The van der Waals surface area contributed by atoms with Crippen LogP contribution in [0.15, 0.2) is 67.7 Å². The minimum Gasteiger partial charge on any atom is -0.506 e. The highest BCUT2D eigenvalue weighted by molar-refractivity contribution is 6.06. The highest BCUT2D eigenvalue weighted by atomic mass is 16.5. The van der Waals surface area contributed by atoms with E-state index in [-0.39, 0.29) is 38.9 Å². The predicted octanol–water partition coefficient (Wildman–Crippen LogP) is 4.09. The van der Waals surface area contributed by atoms with Crippen molar-refractivity contribution in [1.29, 1.82) is 0 Å². The number of rotatable bonds is 9. The van der Waals surface area contributed by atoms with Crippen molar-refractivity contribution < 1.29 is 9.84 Å². The van der Waals surface area contributed by atoms with Gasteiger partial charge in [-0.05, 0) is 74.2 Å². The van der Waals surface area contributed by atoms with Crippen molar-refractivity contribution in [1.82, 2.24) is 24.3 Å². The minimum atomic E-state index is -0.597. The number of ether oxygens (including phenoxy) is 1. The van der Waals surface area contributed by atoms with Gasteiger partial charge in [0.25, 0.3) is 16.7 Å². The second kappa shape index (κ2) is 13.3. The zero-order chi connectivity index (χ0) is 36.3. The summed E-state index contributed by atoms with van der Waals surface area (Å²) < 4.78 is 7.37. The van der Waals surface area contributed by atoms with Crippen molar-refractivity contribution in [3.63, 3.8) is 0 Å². The number of anilines is 1. The molecular weight excluding hydrogens is 660 g/mol. The molecule has 0 unspecified atom stereocenters. The lowest BCUT2D eigenvalue weighted by Crippen LogP contribution is -2.44. The van der Waals surface area contributed by atoms with Gasteiger partial charge in [-0.2, -0.15) is 0 Å². The number of hydrogen-bond donors (Lipinski definition) is 2. The first-order chi connectivity index (χ1) is 25.1. The average Bonchev–Trinajstić information content (AvgIpc) is 3.82. The first kappa shape index (κ1) is 33.8. The van der Waals surface area contributed by atoms with Gasteiger partial charge in [-0.15, -0.1) is 0 Å².